The maximum Gasteiger partial charge on any atom is 0.407 e. The largest absolute Gasteiger partial charge is 0.465 e. The summed E-state index contributed by atoms with van der Waals surface area (Å²) >= 11 is 0. The summed E-state index contributed by atoms with van der Waals surface area (Å²) in [6.07, 6.45) is -1.53. The van der Waals surface area contributed by atoms with Gasteiger partial charge in [-0.15, -0.1) is 0 Å². The summed E-state index contributed by atoms with van der Waals surface area (Å²) in [7, 11) is 0. The molecule has 1 aliphatic rings. The minimum atomic E-state index is -0.945. The molecule has 1 rings (SSSR count). The molecule has 88 valence electrons. The first-order valence-electron chi connectivity index (χ1n) is 5.26. The number of β-amino-alcohol motifs (C(OH)–C–C–N with tert-alkyl or cyclic N) is 1. The number of aliphatic hydroxyl groups excluding tert-OH is 1. The standard InChI is InChI=1S/C11H21NO3/c1-10(2,3)8-11(4,5)7(13)6-12(8)9(14)15/h7-8,13H,6H2,1-5H3,(H,14,15)/t7?,8-/m1/s1. The van der Waals surface area contributed by atoms with Crippen LogP contribution in [0.3, 0.4) is 0 Å². The van der Waals surface area contributed by atoms with Gasteiger partial charge in [-0.05, 0) is 5.41 Å². The Morgan fingerprint density at radius 3 is 2.13 bits per heavy atom. The van der Waals surface area contributed by atoms with Crippen molar-refractivity contribution in [2.24, 2.45) is 10.8 Å². The number of carbonyl (C=O) groups is 1. The molecule has 0 aliphatic carbocycles. The van der Waals surface area contributed by atoms with Crippen molar-refractivity contribution in [1.82, 2.24) is 4.90 Å². The lowest BCUT2D eigenvalue weighted by Gasteiger charge is -2.41. The summed E-state index contributed by atoms with van der Waals surface area (Å²) in [4.78, 5) is 12.5. The molecular weight excluding hydrogens is 194 g/mol. The summed E-state index contributed by atoms with van der Waals surface area (Å²) in [5.41, 5.74) is -0.560. The number of hydrogen-bond acceptors (Lipinski definition) is 2. The molecule has 1 aliphatic heterocycles. The zero-order chi connectivity index (χ0) is 12.0. The average molecular weight is 215 g/mol. The van der Waals surface area contributed by atoms with E-state index in [0.29, 0.717) is 0 Å². The highest BCUT2D eigenvalue weighted by Crippen LogP contribution is 2.45. The second-order valence-electron chi connectivity index (χ2n) is 6.04. The number of amides is 1. The van der Waals surface area contributed by atoms with Crippen LogP contribution in [0.4, 0.5) is 4.79 Å². The molecule has 1 saturated heterocycles. The van der Waals surface area contributed by atoms with E-state index >= 15 is 0 Å². The van der Waals surface area contributed by atoms with E-state index in [9.17, 15) is 9.90 Å². The average Bonchev–Trinajstić information content (AvgIpc) is 2.21. The fraction of sp³-hybridized carbons (Fsp3) is 0.909. The Labute approximate surface area is 90.9 Å². The van der Waals surface area contributed by atoms with Gasteiger partial charge in [-0.3, -0.25) is 0 Å². The number of nitrogens with zero attached hydrogens (tertiary/aromatic N) is 1. The number of carboxylic acid groups (broad SMARTS) is 1. The van der Waals surface area contributed by atoms with Gasteiger partial charge in [0.25, 0.3) is 0 Å². The summed E-state index contributed by atoms with van der Waals surface area (Å²) in [5.74, 6) is 0. The molecule has 0 saturated carbocycles. The molecule has 0 aromatic heterocycles. The van der Waals surface area contributed by atoms with Crippen molar-refractivity contribution < 1.29 is 15.0 Å². The summed E-state index contributed by atoms with van der Waals surface area (Å²) < 4.78 is 0. The quantitative estimate of drug-likeness (QED) is 0.647. The van der Waals surface area contributed by atoms with Crippen molar-refractivity contribution in [3.63, 3.8) is 0 Å². The molecule has 1 heterocycles. The van der Waals surface area contributed by atoms with Gasteiger partial charge in [0, 0.05) is 11.5 Å². The highest BCUT2D eigenvalue weighted by Gasteiger charge is 2.53. The van der Waals surface area contributed by atoms with Crippen LogP contribution in [0.2, 0.25) is 0 Å². The van der Waals surface area contributed by atoms with E-state index in [4.69, 9.17) is 5.11 Å². The molecule has 0 aromatic rings. The second kappa shape index (κ2) is 3.37. The molecule has 15 heavy (non-hydrogen) atoms. The zero-order valence-corrected chi connectivity index (χ0v) is 10.1. The third kappa shape index (κ3) is 1.95. The van der Waals surface area contributed by atoms with Crippen molar-refractivity contribution in [2.75, 3.05) is 6.54 Å². The van der Waals surface area contributed by atoms with Gasteiger partial charge in [0.2, 0.25) is 0 Å². The van der Waals surface area contributed by atoms with E-state index in [2.05, 4.69) is 0 Å². The molecule has 0 radical (unpaired) electrons. The van der Waals surface area contributed by atoms with Crippen LogP contribution in [-0.4, -0.2) is 39.9 Å². The molecule has 0 spiro atoms. The Balaban J connectivity index is 3.10. The molecule has 4 nitrogen and oxygen atoms in total. The lowest BCUT2D eigenvalue weighted by molar-refractivity contribution is 0.0344. The van der Waals surface area contributed by atoms with E-state index < -0.39 is 17.6 Å². The third-order valence-electron chi connectivity index (χ3n) is 3.31. The molecule has 4 heteroatoms. The van der Waals surface area contributed by atoms with Crippen molar-refractivity contribution >= 4 is 6.09 Å². The normalized spacial score (nSPS) is 30.7. The maximum atomic E-state index is 11.1. The molecule has 1 fully saturated rings. The smallest absolute Gasteiger partial charge is 0.407 e. The van der Waals surface area contributed by atoms with Gasteiger partial charge in [-0.1, -0.05) is 34.6 Å². The van der Waals surface area contributed by atoms with Crippen LogP contribution in [0.1, 0.15) is 34.6 Å². The monoisotopic (exact) mass is 215 g/mol. The summed E-state index contributed by atoms with van der Waals surface area (Å²) in [6.45, 7) is 10.1. The van der Waals surface area contributed by atoms with Crippen LogP contribution in [0.5, 0.6) is 0 Å². The van der Waals surface area contributed by atoms with Crippen LogP contribution in [0, 0.1) is 10.8 Å². The highest BCUT2D eigenvalue weighted by molar-refractivity contribution is 5.66. The van der Waals surface area contributed by atoms with Gasteiger partial charge >= 0.3 is 6.09 Å². The molecule has 2 N–H and O–H groups in total. The Bertz CT molecular complexity index is 267. The van der Waals surface area contributed by atoms with Gasteiger partial charge in [0.1, 0.15) is 0 Å². The molecular formula is C11H21NO3. The first-order valence-corrected chi connectivity index (χ1v) is 5.26. The van der Waals surface area contributed by atoms with Crippen LogP contribution in [0.25, 0.3) is 0 Å². The van der Waals surface area contributed by atoms with Gasteiger partial charge < -0.3 is 15.1 Å². The lowest BCUT2D eigenvalue weighted by Crippen LogP contribution is -2.49. The first kappa shape index (κ1) is 12.3. The van der Waals surface area contributed by atoms with Crippen LogP contribution in [-0.2, 0) is 0 Å². The molecule has 1 unspecified atom stereocenters. The minimum absolute atomic E-state index is 0.155. The fourth-order valence-electron chi connectivity index (χ4n) is 2.88. The van der Waals surface area contributed by atoms with E-state index in [-0.39, 0.29) is 18.0 Å². The topological polar surface area (TPSA) is 60.8 Å². The molecule has 0 bridgehead atoms. The molecule has 2 atom stereocenters. The second-order valence-corrected chi connectivity index (χ2v) is 6.04. The van der Waals surface area contributed by atoms with E-state index in [1.165, 1.54) is 4.90 Å². The van der Waals surface area contributed by atoms with E-state index in [1.807, 2.05) is 34.6 Å². The Hall–Kier alpha value is -0.770. The van der Waals surface area contributed by atoms with Crippen molar-refractivity contribution in [3.05, 3.63) is 0 Å². The van der Waals surface area contributed by atoms with Gasteiger partial charge in [-0.2, -0.15) is 0 Å². The van der Waals surface area contributed by atoms with E-state index in [1.54, 1.807) is 0 Å². The number of likely N-dealkylation sites (tertiary alicyclic amines) is 1. The lowest BCUT2D eigenvalue weighted by atomic mass is 9.70. The zero-order valence-electron chi connectivity index (χ0n) is 10.1. The van der Waals surface area contributed by atoms with Gasteiger partial charge in [0.15, 0.2) is 0 Å². The van der Waals surface area contributed by atoms with E-state index in [0.717, 1.165) is 0 Å². The van der Waals surface area contributed by atoms with Crippen molar-refractivity contribution in [3.8, 4) is 0 Å². The number of hydrogen-bond donors (Lipinski definition) is 2. The Morgan fingerprint density at radius 2 is 1.87 bits per heavy atom. The van der Waals surface area contributed by atoms with Crippen LogP contribution < -0.4 is 0 Å². The highest BCUT2D eigenvalue weighted by atomic mass is 16.4. The summed E-state index contributed by atoms with van der Waals surface area (Å²) in [5, 5.41) is 19.0. The first-order chi connectivity index (χ1) is 6.58. The van der Waals surface area contributed by atoms with Gasteiger partial charge in [0.05, 0.1) is 12.6 Å². The van der Waals surface area contributed by atoms with Crippen molar-refractivity contribution in [1.29, 1.82) is 0 Å². The molecule has 0 aromatic carbocycles. The predicted octanol–water partition coefficient (Wildman–Crippen LogP) is 1.78. The fourth-order valence-corrected chi connectivity index (χ4v) is 2.88. The van der Waals surface area contributed by atoms with Crippen molar-refractivity contribution in [2.45, 2.75) is 46.8 Å². The SMILES string of the molecule is CC(C)(C)[C@H]1N(C(=O)O)CC(O)C1(C)C. The summed E-state index contributed by atoms with van der Waals surface area (Å²) in [6, 6.07) is -0.155. The van der Waals surface area contributed by atoms with Crippen LogP contribution in [0.15, 0.2) is 0 Å². The molecule has 1 amide bonds. The predicted molar refractivity (Wildman–Crippen MR) is 57.8 cm³/mol. The van der Waals surface area contributed by atoms with Crippen LogP contribution >= 0.6 is 0 Å². The maximum absolute atomic E-state index is 11.1. The number of aliphatic hydroxyl groups is 1. The van der Waals surface area contributed by atoms with Gasteiger partial charge in [-0.25, -0.2) is 4.79 Å². The third-order valence-corrected chi connectivity index (χ3v) is 3.31. The number of rotatable bonds is 0. The minimum Gasteiger partial charge on any atom is -0.465 e. The Kier molecular flexibility index (Phi) is 2.76. The Morgan fingerprint density at radius 1 is 1.40 bits per heavy atom.